The number of hydrazine groups is 1. The number of carbonyl (C=O) groups is 1. The molecule has 0 heterocycles. The van der Waals surface area contributed by atoms with Gasteiger partial charge in [0.05, 0.1) is 11.3 Å². The maximum absolute atomic E-state index is 12.7. The second-order valence-corrected chi connectivity index (χ2v) is 6.07. The molecule has 7 heteroatoms. The summed E-state index contributed by atoms with van der Waals surface area (Å²) in [5.74, 6) is -0.456. The Hall–Kier alpha value is -2.21. The molecule has 2 unspecified atom stereocenters. The Bertz CT molecular complexity index is 763. The molecule has 3 rings (SSSR count). The molecule has 2 N–H and O–H groups in total. The van der Waals surface area contributed by atoms with Gasteiger partial charge in [0.25, 0.3) is 0 Å². The fraction of sp³-hybridized carbons (Fsp3) is 0.235. The van der Waals surface area contributed by atoms with Crippen molar-refractivity contribution < 1.29 is 18.0 Å². The average Bonchev–Trinajstić information content (AvgIpc) is 3.33. The molecule has 1 amide bonds. The molecule has 0 spiro atoms. The first-order valence-electron chi connectivity index (χ1n) is 7.34. The maximum atomic E-state index is 12.7. The smallest absolute Gasteiger partial charge is 0.299 e. The van der Waals surface area contributed by atoms with Gasteiger partial charge in [-0.1, -0.05) is 35.9 Å². The van der Waals surface area contributed by atoms with Crippen LogP contribution in [0.3, 0.4) is 0 Å². The summed E-state index contributed by atoms with van der Waals surface area (Å²) in [6.07, 6.45) is -3.76. The van der Waals surface area contributed by atoms with E-state index in [1.165, 1.54) is 12.1 Å². The van der Waals surface area contributed by atoms with Crippen LogP contribution in [-0.2, 0) is 11.0 Å². The minimum Gasteiger partial charge on any atom is -0.299 e. The highest BCUT2D eigenvalue weighted by Crippen LogP contribution is 2.49. The number of halogens is 4. The molecule has 0 aromatic heterocycles. The van der Waals surface area contributed by atoms with E-state index in [1.54, 1.807) is 6.07 Å². The quantitative estimate of drug-likeness (QED) is 0.787. The Morgan fingerprint density at radius 3 is 2.58 bits per heavy atom. The molecule has 2 atom stereocenters. The molecule has 126 valence electrons. The zero-order valence-corrected chi connectivity index (χ0v) is 13.2. The van der Waals surface area contributed by atoms with Gasteiger partial charge in [-0.05, 0) is 42.2 Å². The van der Waals surface area contributed by atoms with E-state index in [-0.39, 0.29) is 23.4 Å². The topological polar surface area (TPSA) is 41.1 Å². The number of anilines is 1. The van der Waals surface area contributed by atoms with Crippen LogP contribution in [0.5, 0.6) is 0 Å². The van der Waals surface area contributed by atoms with Crippen molar-refractivity contribution in [1.29, 1.82) is 0 Å². The Balaban J connectivity index is 1.59. The molecule has 1 aliphatic rings. The van der Waals surface area contributed by atoms with Crippen LogP contribution in [-0.4, -0.2) is 5.91 Å². The zero-order valence-electron chi connectivity index (χ0n) is 12.4. The molecule has 2 aromatic rings. The lowest BCUT2D eigenvalue weighted by atomic mass is 10.1. The SMILES string of the molecule is O=C(NNc1cccc(C(F)(F)F)c1)C1CC1c1ccccc1Cl. The summed E-state index contributed by atoms with van der Waals surface area (Å²) in [7, 11) is 0. The van der Waals surface area contributed by atoms with Crippen LogP contribution in [0.4, 0.5) is 18.9 Å². The molecule has 0 radical (unpaired) electrons. The number of hydrogen-bond donors (Lipinski definition) is 2. The minimum absolute atomic E-state index is 0.0435. The van der Waals surface area contributed by atoms with Gasteiger partial charge in [-0.25, -0.2) is 0 Å². The lowest BCUT2D eigenvalue weighted by Crippen LogP contribution is -2.31. The van der Waals surface area contributed by atoms with Gasteiger partial charge in [0.2, 0.25) is 5.91 Å². The second kappa shape index (κ2) is 6.36. The predicted octanol–water partition coefficient (Wildman–Crippen LogP) is 4.61. The van der Waals surface area contributed by atoms with Crippen molar-refractivity contribution in [1.82, 2.24) is 5.43 Å². The predicted molar refractivity (Wildman–Crippen MR) is 85.5 cm³/mol. The number of benzene rings is 2. The maximum Gasteiger partial charge on any atom is 0.416 e. The standard InChI is InChI=1S/C17H14ClF3N2O/c18-15-7-2-1-6-12(15)13-9-14(13)16(24)23-22-11-5-3-4-10(8-11)17(19,20)21/h1-8,13-14,22H,9H2,(H,23,24). The molecular weight excluding hydrogens is 341 g/mol. The highest BCUT2D eigenvalue weighted by atomic mass is 35.5. The number of carbonyl (C=O) groups excluding carboxylic acids is 1. The highest BCUT2D eigenvalue weighted by Gasteiger charge is 2.44. The number of rotatable bonds is 4. The van der Waals surface area contributed by atoms with Crippen LogP contribution < -0.4 is 10.9 Å². The minimum atomic E-state index is -4.42. The average molecular weight is 355 g/mol. The lowest BCUT2D eigenvalue weighted by molar-refractivity contribution is -0.137. The molecule has 1 aliphatic carbocycles. The Morgan fingerprint density at radius 1 is 1.12 bits per heavy atom. The van der Waals surface area contributed by atoms with E-state index < -0.39 is 11.7 Å². The molecule has 0 aliphatic heterocycles. The largest absolute Gasteiger partial charge is 0.416 e. The lowest BCUT2D eigenvalue weighted by Gasteiger charge is -2.11. The van der Waals surface area contributed by atoms with Crippen molar-refractivity contribution in [2.24, 2.45) is 5.92 Å². The monoisotopic (exact) mass is 354 g/mol. The highest BCUT2D eigenvalue weighted by molar-refractivity contribution is 6.31. The van der Waals surface area contributed by atoms with Gasteiger partial charge in [-0.3, -0.25) is 15.6 Å². The molecule has 3 nitrogen and oxygen atoms in total. The zero-order chi connectivity index (χ0) is 17.3. The number of nitrogens with one attached hydrogen (secondary N) is 2. The number of amides is 1. The van der Waals surface area contributed by atoms with Crippen molar-refractivity contribution in [2.75, 3.05) is 5.43 Å². The number of alkyl halides is 3. The Kier molecular flexibility index (Phi) is 4.41. The van der Waals surface area contributed by atoms with Gasteiger partial charge in [-0.15, -0.1) is 0 Å². The summed E-state index contributed by atoms with van der Waals surface area (Å²) in [5, 5.41) is 0.614. The summed E-state index contributed by atoms with van der Waals surface area (Å²) in [4.78, 5) is 12.1. The molecule has 0 saturated heterocycles. The number of hydrogen-bond acceptors (Lipinski definition) is 2. The van der Waals surface area contributed by atoms with Gasteiger partial charge in [-0.2, -0.15) is 13.2 Å². The molecule has 24 heavy (non-hydrogen) atoms. The van der Waals surface area contributed by atoms with E-state index in [4.69, 9.17) is 11.6 Å². The van der Waals surface area contributed by atoms with Crippen molar-refractivity contribution in [3.05, 3.63) is 64.7 Å². The van der Waals surface area contributed by atoms with Crippen LogP contribution in [0.2, 0.25) is 5.02 Å². The van der Waals surface area contributed by atoms with Crippen LogP contribution in [0.15, 0.2) is 48.5 Å². The van der Waals surface area contributed by atoms with Crippen LogP contribution >= 0.6 is 11.6 Å². The third-order valence-electron chi connectivity index (χ3n) is 3.95. The van der Waals surface area contributed by atoms with Gasteiger partial charge >= 0.3 is 6.18 Å². The first-order valence-corrected chi connectivity index (χ1v) is 7.71. The van der Waals surface area contributed by atoms with Crippen LogP contribution in [0.25, 0.3) is 0 Å². The molecule has 1 saturated carbocycles. The van der Waals surface area contributed by atoms with Gasteiger partial charge in [0.1, 0.15) is 0 Å². The fourth-order valence-corrected chi connectivity index (χ4v) is 2.88. The third kappa shape index (κ3) is 3.64. The van der Waals surface area contributed by atoms with E-state index in [0.717, 1.165) is 17.7 Å². The summed E-state index contributed by atoms with van der Waals surface area (Å²) in [6, 6.07) is 12.0. The molecule has 0 bridgehead atoms. The Morgan fingerprint density at radius 2 is 1.88 bits per heavy atom. The van der Waals surface area contributed by atoms with Crippen molar-refractivity contribution in [2.45, 2.75) is 18.5 Å². The van der Waals surface area contributed by atoms with E-state index in [9.17, 15) is 18.0 Å². The van der Waals surface area contributed by atoms with E-state index >= 15 is 0 Å². The third-order valence-corrected chi connectivity index (χ3v) is 4.30. The van der Waals surface area contributed by atoms with E-state index in [2.05, 4.69) is 10.9 Å². The fourth-order valence-electron chi connectivity index (χ4n) is 2.60. The van der Waals surface area contributed by atoms with Gasteiger partial charge in [0, 0.05) is 10.9 Å². The Labute approximate surface area is 141 Å². The second-order valence-electron chi connectivity index (χ2n) is 5.66. The molecular formula is C17H14ClF3N2O. The molecule has 2 aromatic carbocycles. The van der Waals surface area contributed by atoms with Gasteiger partial charge in [0.15, 0.2) is 0 Å². The van der Waals surface area contributed by atoms with Crippen molar-refractivity contribution in [3.8, 4) is 0 Å². The first-order chi connectivity index (χ1) is 11.4. The van der Waals surface area contributed by atoms with Crippen molar-refractivity contribution >= 4 is 23.2 Å². The summed E-state index contributed by atoms with van der Waals surface area (Å²) in [5.41, 5.74) is 5.31. The van der Waals surface area contributed by atoms with Gasteiger partial charge < -0.3 is 0 Å². The summed E-state index contributed by atoms with van der Waals surface area (Å²) < 4.78 is 38.0. The van der Waals surface area contributed by atoms with Crippen LogP contribution in [0, 0.1) is 5.92 Å². The normalized spacial score (nSPS) is 19.7. The van der Waals surface area contributed by atoms with E-state index in [1.807, 2.05) is 18.2 Å². The summed E-state index contributed by atoms with van der Waals surface area (Å²) in [6.45, 7) is 0. The van der Waals surface area contributed by atoms with E-state index in [0.29, 0.717) is 11.4 Å². The van der Waals surface area contributed by atoms with Crippen LogP contribution in [0.1, 0.15) is 23.5 Å². The van der Waals surface area contributed by atoms with Crippen molar-refractivity contribution in [3.63, 3.8) is 0 Å². The molecule has 1 fully saturated rings. The first kappa shape index (κ1) is 16.6. The summed E-state index contributed by atoms with van der Waals surface area (Å²) >= 11 is 6.11.